The summed E-state index contributed by atoms with van der Waals surface area (Å²) in [4.78, 5) is 14.9. The molecular weight excluding hydrogens is 340 g/mol. The number of carbonyl (C=O) groups excluding carboxylic acids is 1. The van der Waals surface area contributed by atoms with Crippen molar-refractivity contribution in [3.63, 3.8) is 0 Å². The van der Waals surface area contributed by atoms with Crippen molar-refractivity contribution in [1.82, 2.24) is 9.47 Å². The molecule has 3 rings (SSSR count). The highest BCUT2D eigenvalue weighted by Gasteiger charge is 2.28. The molecule has 1 aliphatic heterocycles. The van der Waals surface area contributed by atoms with Gasteiger partial charge in [-0.15, -0.1) is 0 Å². The number of ether oxygens (including phenoxy) is 2. The van der Waals surface area contributed by atoms with Gasteiger partial charge in [0, 0.05) is 43.9 Å². The van der Waals surface area contributed by atoms with Gasteiger partial charge in [-0.2, -0.15) is 0 Å². The van der Waals surface area contributed by atoms with E-state index in [-0.39, 0.29) is 11.8 Å². The van der Waals surface area contributed by atoms with E-state index in [2.05, 4.69) is 35.0 Å². The van der Waals surface area contributed by atoms with Gasteiger partial charge in [0.15, 0.2) is 11.5 Å². The van der Waals surface area contributed by atoms with Gasteiger partial charge in [0.05, 0.1) is 14.2 Å². The Labute approximate surface area is 161 Å². The van der Waals surface area contributed by atoms with Crippen LogP contribution in [0.15, 0.2) is 30.5 Å². The Morgan fingerprint density at radius 3 is 2.56 bits per heavy atom. The van der Waals surface area contributed by atoms with Crippen molar-refractivity contribution < 1.29 is 14.3 Å². The molecule has 0 bridgehead atoms. The standard InChI is InChI=1S/C22H30N2O3/c1-5-23(6-2)22(25)15-18-17-14-21(27-4)20(26-3)13-16(17)9-7-11-24-12-8-10-19(18)24/h8,10,12-14,18H,5-7,9,11,15H2,1-4H3. The minimum atomic E-state index is 0.0169. The maximum atomic E-state index is 13.0. The monoisotopic (exact) mass is 370 g/mol. The number of aromatic nitrogens is 1. The van der Waals surface area contributed by atoms with Crippen LogP contribution < -0.4 is 9.47 Å². The van der Waals surface area contributed by atoms with Gasteiger partial charge in [-0.25, -0.2) is 0 Å². The molecule has 27 heavy (non-hydrogen) atoms. The van der Waals surface area contributed by atoms with Crippen molar-refractivity contribution in [1.29, 1.82) is 0 Å². The maximum Gasteiger partial charge on any atom is 0.223 e. The van der Waals surface area contributed by atoms with E-state index in [0.717, 1.165) is 44.0 Å². The number of hydrogen-bond donors (Lipinski definition) is 0. The lowest BCUT2D eigenvalue weighted by Crippen LogP contribution is -2.32. The largest absolute Gasteiger partial charge is 0.493 e. The van der Waals surface area contributed by atoms with Crippen molar-refractivity contribution >= 4 is 5.91 Å². The van der Waals surface area contributed by atoms with Crippen LogP contribution in [-0.2, 0) is 17.8 Å². The number of nitrogens with zero attached hydrogens (tertiary/aromatic N) is 2. The molecule has 5 heteroatoms. The maximum absolute atomic E-state index is 13.0. The lowest BCUT2D eigenvalue weighted by molar-refractivity contribution is -0.131. The first kappa shape index (κ1) is 19.3. The third kappa shape index (κ3) is 3.82. The predicted molar refractivity (Wildman–Crippen MR) is 107 cm³/mol. The molecular formula is C22H30N2O3. The van der Waals surface area contributed by atoms with Crippen molar-refractivity contribution in [3.8, 4) is 11.5 Å². The van der Waals surface area contributed by atoms with Gasteiger partial charge in [-0.1, -0.05) is 0 Å². The molecule has 0 aliphatic carbocycles. The van der Waals surface area contributed by atoms with Crippen LogP contribution in [0.1, 0.15) is 49.4 Å². The molecule has 1 aromatic carbocycles. The van der Waals surface area contributed by atoms with Gasteiger partial charge in [0.2, 0.25) is 5.91 Å². The van der Waals surface area contributed by atoms with Crippen molar-refractivity contribution in [3.05, 3.63) is 47.3 Å². The molecule has 2 heterocycles. The molecule has 1 aliphatic rings. The molecule has 0 spiro atoms. The molecule has 146 valence electrons. The Hall–Kier alpha value is -2.43. The number of hydrogen-bond acceptors (Lipinski definition) is 3. The fourth-order valence-corrected chi connectivity index (χ4v) is 4.12. The number of methoxy groups -OCH3 is 2. The lowest BCUT2D eigenvalue weighted by Gasteiger charge is -2.28. The summed E-state index contributed by atoms with van der Waals surface area (Å²) in [6.07, 6.45) is 4.61. The van der Waals surface area contributed by atoms with Crippen LogP contribution >= 0.6 is 0 Å². The number of fused-ring (bicyclic) bond motifs is 2. The summed E-state index contributed by atoms with van der Waals surface area (Å²) in [6, 6.07) is 8.38. The second kappa shape index (κ2) is 8.51. The second-order valence-electron chi connectivity index (χ2n) is 6.96. The summed E-state index contributed by atoms with van der Waals surface area (Å²) in [7, 11) is 3.33. The van der Waals surface area contributed by atoms with Gasteiger partial charge in [-0.05, 0) is 62.1 Å². The normalized spacial score (nSPS) is 15.9. The highest BCUT2D eigenvalue weighted by Crippen LogP contribution is 2.40. The number of benzene rings is 1. The minimum Gasteiger partial charge on any atom is -0.493 e. The zero-order valence-corrected chi connectivity index (χ0v) is 16.8. The zero-order chi connectivity index (χ0) is 19.4. The molecule has 1 aromatic heterocycles. The van der Waals surface area contributed by atoms with E-state index in [4.69, 9.17) is 9.47 Å². The van der Waals surface area contributed by atoms with Crippen molar-refractivity contribution in [2.75, 3.05) is 27.3 Å². The van der Waals surface area contributed by atoms with E-state index < -0.39 is 0 Å². The highest BCUT2D eigenvalue weighted by molar-refractivity contribution is 5.78. The number of rotatable bonds is 6. The Bertz CT molecular complexity index is 793. The predicted octanol–water partition coefficient (Wildman–Crippen LogP) is 3.84. The first-order chi connectivity index (χ1) is 13.1. The average molecular weight is 370 g/mol. The first-order valence-corrected chi connectivity index (χ1v) is 9.80. The molecule has 0 saturated carbocycles. The van der Waals surface area contributed by atoms with Crippen LogP contribution in [0.3, 0.4) is 0 Å². The molecule has 1 amide bonds. The minimum absolute atomic E-state index is 0.0169. The van der Waals surface area contributed by atoms with E-state index in [1.807, 2.05) is 18.7 Å². The summed E-state index contributed by atoms with van der Waals surface area (Å²) in [6.45, 7) is 6.50. The third-order valence-electron chi connectivity index (χ3n) is 5.58. The third-order valence-corrected chi connectivity index (χ3v) is 5.58. The fraction of sp³-hybridized carbons (Fsp3) is 0.500. The number of amides is 1. The zero-order valence-electron chi connectivity index (χ0n) is 16.8. The molecule has 5 nitrogen and oxygen atoms in total. The molecule has 0 N–H and O–H groups in total. The molecule has 0 saturated heterocycles. The van der Waals surface area contributed by atoms with Crippen LogP contribution in [0.5, 0.6) is 11.5 Å². The molecule has 0 radical (unpaired) electrons. The summed E-state index contributed by atoms with van der Waals surface area (Å²) in [5.74, 6) is 1.68. The topological polar surface area (TPSA) is 43.7 Å². The van der Waals surface area contributed by atoms with Crippen LogP contribution in [0.4, 0.5) is 0 Å². The first-order valence-electron chi connectivity index (χ1n) is 9.80. The van der Waals surface area contributed by atoms with Crippen LogP contribution in [0.25, 0.3) is 0 Å². The van der Waals surface area contributed by atoms with Gasteiger partial charge in [0.25, 0.3) is 0 Å². The molecule has 0 fully saturated rings. The fourth-order valence-electron chi connectivity index (χ4n) is 4.12. The van der Waals surface area contributed by atoms with E-state index in [1.54, 1.807) is 14.2 Å². The average Bonchev–Trinajstić information content (AvgIpc) is 3.13. The van der Waals surface area contributed by atoms with E-state index in [1.165, 1.54) is 16.8 Å². The SMILES string of the molecule is CCN(CC)C(=O)CC1c2cc(OC)c(OC)cc2CCCn2cccc21. The second-order valence-corrected chi connectivity index (χ2v) is 6.96. The molecule has 2 aromatic rings. The Morgan fingerprint density at radius 2 is 1.89 bits per heavy atom. The van der Waals surface area contributed by atoms with Crippen LogP contribution in [0, 0.1) is 0 Å². The summed E-state index contributed by atoms with van der Waals surface area (Å²) in [5.41, 5.74) is 3.62. The molecule has 1 unspecified atom stereocenters. The smallest absolute Gasteiger partial charge is 0.223 e. The number of aryl methyl sites for hydroxylation is 2. The Morgan fingerprint density at radius 1 is 1.19 bits per heavy atom. The summed E-state index contributed by atoms with van der Waals surface area (Å²) >= 11 is 0. The Balaban J connectivity index is 2.09. The Kier molecular flexibility index (Phi) is 6.09. The number of carbonyl (C=O) groups is 1. The van der Waals surface area contributed by atoms with Crippen molar-refractivity contribution in [2.24, 2.45) is 0 Å². The van der Waals surface area contributed by atoms with E-state index in [9.17, 15) is 4.79 Å². The summed E-state index contributed by atoms with van der Waals surface area (Å²) in [5, 5.41) is 0. The van der Waals surface area contributed by atoms with E-state index in [0.29, 0.717) is 6.42 Å². The quantitative estimate of drug-likeness (QED) is 0.776. The molecule has 1 atom stereocenters. The van der Waals surface area contributed by atoms with Gasteiger partial charge in [0.1, 0.15) is 0 Å². The summed E-state index contributed by atoms with van der Waals surface area (Å²) < 4.78 is 13.4. The van der Waals surface area contributed by atoms with Crippen LogP contribution in [0.2, 0.25) is 0 Å². The van der Waals surface area contributed by atoms with E-state index >= 15 is 0 Å². The van der Waals surface area contributed by atoms with Crippen LogP contribution in [-0.4, -0.2) is 42.7 Å². The van der Waals surface area contributed by atoms with Gasteiger partial charge >= 0.3 is 0 Å². The van der Waals surface area contributed by atoms with Gasteiger partial charge < -0.3 is 18.9 Å². The van der Waals surface area contributed by atoms with Gasteiger partial charge in [-0.3, -0.25) is 4.79 Å². The highest BCUT2D eigenvalue weighted by atomic mass is 16.5. The lowest BCUT2D eigenvalue weighted by atomic mass is 9.85. The van der Waals surface area contributed by atoms with Crippen molar-refractivity contribution in [2.45, 2.75) is 45.6 Å².